The number of Topliss-reactive ketones (excluding diaryl/α,β-unsaturated/α-hetero) is 2. The van der Waals surface area contributed by atoms with Crippen molar-refractivity contribution in [1.82, 2.24) is 0 Å². The molecule has 1 fully saturated rings. The number of ketones is 2. The van der Waals surface area contributed by atoms with E-state index in [1.54, 1.807) is 0 Å². The Balaban J connectivity index is 1.86. The number of aromatic hydroxyl groups is 1. The number of phenols is 1. The summed E-state index contributed by atoms with van der Waals surface area (Å²) in [6, 6.07) is 1.84. The summed E-state index contributed by atoms with van der Waals surface area (Å²) < 4.78 is 0. The van der Waals surface area contributed by atoms with Gasteiger partial charge in [0.2, 0.25) is 5.78 Å². The van der Waals surface area contributed by atoms with Crippen molar-refractivity contribution in [2.45, 2.75) is 70.4 Å². The summed E-state index contributed by atoms with van der Waals surface area (Å²) in [5, 5.41) is 44.1. The topological polar surface area (TPSA) is 184 Å². The van der Waals surface area contributed by atoms with Gasteiger partial charge in [-0.1, -0.05) is 32.3 Å². The van der Waals surface area contributed by atoms with Crippen molar-refractivity contribution < 1.29 is 34.8 Å². The highest BCUT2D eigenvalue weighted by Gasteiger charge is 2.60. The van der Waals surface area contributed by atoms with E-state index in [2.05, 4.69) is 6.92 Å². The first-order valence-corrected chi connectivity index (χ1v) is 12.1. The second kappa shape index (κ2) is 9.13. The van der Waals surface area contributed by atoms with E-state index in [-0.39, 0.29) is 36.3 Å². The van der Waals surface area contributed by atoms with Crippen LogP contribution in [0.4, 0.5) is 0 Å². The fourth-order valence-corrected chi connectivity index (χ4v) is 5.95. The van der Waals surface area contributed by atoms with E-state index in [4.69, 9.17) is 11.5 Å². The predicted octanol–water partition coefficient (Wildman–Crippen LogP) is 2.01. The molecule has 1 aromatic carbocycles. The third kappa shape index (κ3) is 3.73. The number of carbonyl (C=O) groups is 3. The molecule has 8 N–H and O–H groups in total. The number of fused-ring (bicyclic) bond motifs is 3. The lowest BCUT2D eigenvalue weighted by molar-refractivity contribution is -0.147. The van der Waals surface area contributed by atoms with E-state index in [0.717, 1.165) is 43.2 Å². The molecular weight excluding hydrogens is 452 g/mol. The molecule has 0 aliphatic heterocycles. The van der Waals surface area contributed by atoms with Crippen molar-refractivity contribution in [3.8, 4) is 5.75 Å². The standard InChI is InChI=1S/C26H32N2O7/c1-2-3-4-5-6-12-7-14(11-27)21(30)19-16(12)9-13-8-15-10-17(29)20(25(28)34)24(33)26(15,35)23(32)18(13)22(19)31/h7,13,15,30-31,33,35H,2-6,8-11,27H2,1H3,(H2,28,34). The van der Waals surface area contributed by atoms with Gasteiger partial charge >= 0.3 is 0 Å². The van der Waals surface area contributed by atoms with E-state index >= 15 is 0 Å². The number of unbranched alkanes of at least 4 members (excludes halogenated alkanes) is 3. The fourth-order valence-electron chi connectivity index (χ4n) is 5.95. The predicted molar refractivity (Wildman–Crippen MR) is 127 cm³/mol. The Morgan fingerprint density at radius 2 is 1.83 bits per heavy atom. The largest absolute Gasteiger partial charge is 0.508 e. The Labute approximate surface area is 203 Å². The number of benzene rings is 1. The molecule has 0 bridgehead atoms. The lowest BCUT2D eigenvalue weighted by Gasteiger charge is -2.46. The van der Waals surface area contributed by atoms with Gasteiger partial charge in [-0.2, -0.15) is 0 Å². The number of primary amides is 1. The Hall–Kier alpha value is -3.17. The average molecular weight is 485 g/mol. The maximum absolute atomic E-state index is 13.6. The number of nitrogens with two attached hydrogens (primary N) is 2. The molecular formula is C26H32N2O7. The van der Waals surface area contributed by atoms with Crippen LogP contribution in [0.2, 0.25) is 0 Å². The monoisotopic (exact) mass is 484 g/mol. The number of hydrogen-bond acceptors (Lipinski definition) is 8. The van der Waals surface area contributed by atoms with Crippen LogP contribution in [0.25, 0.3) is 5.76 Å². The third-order valence-electron chi connectivity index (χ3n) is 7.75. The summed E-state index contributed by atoms with van der Waals surface area (Å²) >= 11 is 0. The van der Waals surface area contributed by atoms with Gasteiger partial charge in [0.25, 0.3) is 5.91 Å². The van der Waals surface area contributed by atoms with E-state index in [9.17, 15) is 34.8 Å². The molecule has 0 saturated heterocycles. The van der Waals surface area contributed by atoms with Crippen LogP contribution in [0.3, 0.4) is 0 Å². The van der Waals surface area contributed by atoms with Crippen LogP contribution >= 0.6 is 0 Å². The van der Waals surface area contributed by atoms with Gasteiger partial charge in [0.1, 0.15) is 22.8 Å². The Morgan fingerprint density at radius 3 is 2.46 bits per heavy atom. The van der Waals surface area contributed by atoms with E-state index in [0.29, 0.717) is 12.0 Å². The SMILES string of the molecule is CCCCCCc1cc(CN)c(O)c2c1CC1CC3CC(=O)C(C(N)=O)=C(O)C3(O)C(=O)C1=C2O. The van der Waals surface area contributed by atoms with Crippen LogP contribution < -0.4 is 11.5 Å². The Bertz CT molecular complexity index is 1180. The van der Waals surface area contributed by atoms with Crippen molar-refractivity contribution in [2.75, 3.05) is 0 Å². The molecule has 188 valence electrons. The molecule has 0 radical (unpaired) electrons. The van der Waals surface area contributed by atoms with Crippen LogP contribution in [0.15, 0.2) is 23.0 Å². The molecule has 3 atom stereocenters. The molecule has 0 heterocycles. The molecule has 3 aliphatic carbocycles. The second-order valence-electron chi connectivity index (χ2n) is 9.82. The maximum Gasteiger partial charge on any atom is 0.255 e. The van der Waals surface area contributed by atoms with Crippen molar-refractivity contribution in [2.24, 2.45) is 23.3 Å². The number of aryl methyl sites for hydroxylation is 1. The minimum atomic E-state index is -2.56. The van der Waals surface area contributed by atoms with Crippen molar-refractivity contribution in [3.63, 3.8) is 0 Å². The minimum Gasteiger partial charge on any atom is -0.508 e. The number of carbonyl (C=O) groups excluding carboxylic acids is 3. The number of hydrogen-bond donors (Lipinski definition) is 6. The molecule has 1 aromatic rings. The van der Waals surface area contributed by atoms with Crippen LogP contribution in [-0.2, 0) is 33.8 Å². The number of phenolic OH excluding ortho intramolecular Hbond substituents is 1. The van der Waals surface area contributed by atoms with Gasteiger partial charge in [-0.15, -0.1) is 0 Å². The molecule has 3 aliphatic rings. The minimum absolute atomic E-state index is 0.0285. The molecule has 0 aromatic heterocycles. The molecule has 1 saturated carbocycles. The fraction of sp³-hybridized carbons (Fsp3) is 0.500. The van der Waals surface area contributed by atoms with Crippen LogP contribution in [0.5, 0.6) is 5.75 Å². The van der Waals surface area contributed by atoms with Gasteiger partial charge in [0, 0.05) is 30.0 Å². The average Bonchev–Trinajstić information content (AvgIpc) is 2.80. The second-order valence-corrected chi connectivity index (χ2v) is 9.82. The first-order valence-electron chi connectivity index (χ1n) is 12.1. The molecule has 3 unspecified atom stereocenters. The Morgan fingerprint density at radius 1 is 1.11 bits per heavy atom. The number of rotatable bonds is 7. The van der Waals surface area contributed by atoms with E-state index < -0.39 is 52.0 Å². The van der Waals surface area contributed by atoms with Gasteiger partial charge in [0.05, 0.1) is 5.56 Å². The Kier molecular flexibility index (Phi) is 6.50. The van der Waals surface area contributed by atoms with Crippen molar-refractivity contribution in [3.05, 3.63) is 45.2 Å². The summed E-state index contributed by atoms with van der Waals surface area (Å²) in [5.41, 5.74) is 9.77. The number of aliphatic hydroxyl groups is 3. The lowest BCUT2D eigenvalue weighted by Crippen LogP contribution is -2.58. The molecule has 1 amide bonds. The number of aliphatic hydroxyl groups excluding tert-OH is 2. The zero-order chi connectivity index (χ0) is 25.7. The van der Waals surface area contributed by atoms with E-state index in [1.165, 1.54) is 0 Å². The molecule has 9 heteroatoms. The highest BCUT2D eigenvalue weighted by atomic mass is 16.3. The smallest absolute Gasteiger partial charge is 0.255 e. The van der Waals surface area contributed by atoms with Crippen molar-refractivity contribution in [1.29, 1.82) is 0 Å². The van der Waals surface area contributed by atoms with Crippen LogP contribution in [0, 0.1) is 11.8 Å². The molecule has 9 nitrogen and oxygen atoms in total. The van der Waals surface area contributed by atoms with Gasteiger partial charge in [-0.3, -0.25) is 14.4 Å². The molecule has 4 rings (SSSR count). The highest BCUT2D eigenvalue weighted by Crippen LogP contribution is 2.52. The summed E-state index contributed by atoms with van der Waals surface area (Å²) in [5.74, 6) is -6.23. The van der Waals surface area contributed by atoms with Gasteiger partial charge in [-0.25, -0.2) is 0 Å². The summed E-state index contributed by atoms with van der Waals surface area (Å²) in [4.78, 5) is 37.8. The number of amides is 1. The molecule has 0 spiro atoms. The lowest BCUT2D eigenvalue weighted by atomic mass is 9.59. The van der Waals surface area contributed by atoms with Crippen molar-refractivity contribution >= 4 is 23.2 Å². The van der Waals surface area contributed by atoms with E-state index in [1.807, 2.05) is 6.07 Å². The van der Waals surface area contributed by atoms with Gasteiger partial charge in [-0.05, 0) is 42.7 Å². The summed E-state index contributed by atoms with van der Waals surface area (Å²) in [6.45, 7) is 2.15. The first kappa shape index (κ1) is 24.9. The normalized spacial score (nSPS) is 25.9. The van der Waals surface area contributed by atoms with Crippen LogP contribution in [0.1, 0.15) is 67.7 Å². The van der Waals surface area contributed by atoms with Crippen LogP contribution in [-0.4, -0.2) is 43.5 Å². The molecule has 35 heavy (non-hydrogen) atoms. The third-order valence-corrected chi connectivity index (χ3v) is 7.75. The van der Waals surface area contributed by atoms with Gasteiger partial charge in [0.15, 0.2) is 11.4 Å². The summed E-state index contributed by atoms with van der Waals surface area (Å²) in [7, 11) is 0. The summed E-state index contributed by atoms with van der Waals surface area (Å²) in [6.07, 6.45) is 4.95. The zero-order valence-electron chi connectivity index (χ0n) is 19.8. The first-order chi connectivity index (χ1) is 16.6. The zero-order valence-corrected chi connectivity index (χ0v) is 19.8. The maximum atomic E-state index is 13.6. The highest BCUT2D eigenvalue weighted by molar-refractivity contribution is 6.22. The quantitative estimate of drug-likeness (QED) is 0.251. The van der Waals surface area contributed by atoms with Gasteiger partial charge < -0.3 is 31.9 Å².